The van der Waals surface area contributed by atoms with E-state index in [0.717, 1.165) is 12.1 Å². The van der Waals surface area contributed by atoms with Crippen LogP contribution in [-0.4, -0.2) is 36.4 Å². The second-order valence-corrected chi connectivity index (χ2v) is 5.01. The Bertz CT molecular complexity index is 575. The Hall–Kier alpha value is -2.25. The van der Waals surface area contributed by atoms with E-state index in [-0.39, 0.29) is 6.54 Å². The highest BCUT2D eigenvalue weighted by atomic mass is 19.4. The first-order valence-electron chi connectivity index (χ1n) is 6.65. The predicted molar refractivity (Wildman–Crippen MR) is 70.8 cm³/mol. The standard InChI is InChI=1S/C14H15F3N2O3/c15-14(16,17)10-3-1-2-4-11(10)22-8-12(20)19-6-5-9(7-19)13(18)21/h1-4,9H,5-8H2,(H2,18,21). The molecule has 1 heterocycles. The van der Waals surface area contributed by atoms with Crippen molar-refractivity contribution in [2.75, 3.05) is 19.7 Å². The summed E-state index contributed by atoms with van der Waals surface area (Å²) in [5, 5.41) is 0. The number of rotatable bonds is 4. The van der Waals surface area contributed by atoms with Gasteiger partial charge >= 0.3 is 6.18 Å². The van der Waals surface area contributed by atoms with Gasteiger partial charge in [-0.25, -0.2) is 0 Å². The van der Waals surface area contributed by atoms with Gasteiger partial charge in [-0.3, -0.25) is 9.59 Å². The molecule has 1 aliphatic heterocycles. The zero-order valence-electron chi connectivity index (χ0n) is 11.6. The number of alkyl halides is 3. The van der Waals surface area contributed by atoms with E-state index >= 15 is 0 Å². The van der Waals surface area contributed by atoms with E-state index in [9.17, 15) is 22.8 Å². The summed E-state index contributed by atoms with van der Waals surface area (Å²) in [6.45, 7) is 0.00768. The van der Waals surface area contributed by atoms with Crippen LogP contribution in [0.3, 0.4) is 0 Å². The Balaban J connectivity index is 1.97. The molecule has 5 nitrogen and oxygen atoms in total. The molecule has 1 saturated heterocycles. The van der Waals surface area contributed by atoms with Crippen LogP contribution in [0.4, 0.5) is 13.2 Å². The average molecular weight is 316 g/mol. The lowest BCUT2D eigenvalue weighted by atomic mass is 10.1. The number of benzene rings is 1. The van der Waals surface area contributed by atoms with Crippen molar-refractivity contribution < 1.29 is 27.5 Å². The summed E-state index contributed by atoms with van der Waals surface area (Å²) in [4.78, 5) is 24.3. The number of ether oxygens (including phenoxy) is 1. The molecule has 1 aromatic carbocycles. The van der Waals surface area contributed by atoms with Crippen LogP contribution >= 0.6 is 0 Å². The van der Waals surface area contributed by atoms with Gasteiger partial charge in [0.05, 0.1) is 11.5 Å². The van der Waals surface area contributed by atoms with E-state index < -0.39 is 41.8 Å². The molecule has 2 rings (SSSR count). The Kier molecular flexibility index (Phi) is 4.58. The number of para-hydroxylation sites is 1. The molecule has 8 heteroatoms. The van der Waals surface area contributed by atoms with Crippen molar-refractivity contribution in [3.63, 3.8) is 0 Å². The number of nitrogens with two attached hydrogens (primary N) is 1. The molecule has 0 aliphatic carbocycles. The minimum Gasteiger partial charge on any atom is -0.483 e. The third-order valence-corrected chi connectivity index (χ3v) is 3.49. The van der Waals surface area contributed by atoms with Gasteiger partial charge in [-0.1, -0.05) is 12.1 Å². The molecule has 1 atom stereocenters. The van der Waals surface area contributed by atoms with Crippen LogP contribution in [0.2, 0.25) is 0 Å². The van der Waals surface area contributed by atoms with Crippen molar-refractivity contribution in [1.29, 1.82) is 0 Å². The molecular formula is C14H15F3N2O3. The quantitative estimate of drug-likeness (QED) is 0.913. The molecule has 22 heavy (non-hydrogen) atoms. The van der Waals surface area contributed by atoms with Crippen molar-refractivity contribution in [1.82, 2.24) is 4.90 Å². The minimum atomic E-state index is -4.55. The number of carbonyl (C=O) groups excluding carboxylic acids is 2. The van der Waals surface area contributed by atoms with Gasteiger partial charge in [-0.15, -0.1) is 0 Å². The second-order valence-electron chi connectivity index (χ2n) is 5.01. The monoisotopic (exact) mass is 316 g/mol. The summed E-state index contributed by atoms with van der Waals surface area (Å²) >= 11 is 0. The maximum atomic E-state index is 12.8. The summed E-state index contributed by atoms with van der Waals surface area (Å²) < 4.78 is 43.4. The van der Waals surface area contributed by atoms with Crippen LogP contribution in [0, 0.1) is 5.92 Å². The van der Waals surface area contributed by atoms with Crippen LogP contribution in [-0.2, 0) is 15.8 Å². The van der Waals surface area contributed by atoms with E-state index in [4.69, 9.17) is 10.5 Å². The molecule has 1 fully saturated rings. The summed E-state index contributed by atoms with van der Waals surface area (Å²) in [6.07, 6.45) is -4.09. The second kappa shape index (κ2) is 6.25. The molecule has 0 radical (unpaired) electrons. The van der Waals surface area contributed by atoms with Gasteiger partial charge < -0.3 is 15.4 Å². The first kappa shape index (κ1) is 16.1. The number of carbonyl (C=O) groups is 2. The van der Waals surface area contributed by atoms with Crippen LogP contribution in [0.25, 0.3) is 0 Å². The third kappa shape index (κ3) is 3.69. The molecule has 0 saturated carbocycles. The Morgan fingerprint density at radius 3 is 2.59 bits per heavy atom. The molecular weight excluding hydrogens is 301 g/mol. The highest BCUT2D eigenvalue weighted by Crippen LogP contribution is 2.35. The maximum absolute atomic E-state index is 12.8. The zero-order valence-corrected chi connectivity index (χ0v) is 11.6. The third-order valence-electron chi connectivity index (χ3n) is 3.49. The summed E-state index contributed by atoms with van der Waals surface area (Å²) in [5.41, 5.74) is 4.23. The van der Waals surface area contributed by atoms with Gasteiger partial charge in [0.25, 0.3) is 5.91 Å². The number of hydrogen-bond acceptors (Lipinski definition) is 3. The molecule has 0 aromatic heterocycles. The summed E-state index contributed by atoms with van der Waals surface area (Å²) in [5.74, 6) is -1.76. The number of nitrogens with zero attached hydrogens (tertiary/aromatic N) is 1. The van der Waals surface area contributed by atoms with Crippen molar-refractivity contribution in [3.8, 4) is 5.75 Å². The molecule has 1 aliphatic rings. The summed E-state index contributed by atoms with van der Waals surface area (Å²) in [6, 6.07) is 4.69. The normalized spacial score (nSPS) is 18.3. The maximum Gasteiger partial charge on any atom is 0.419 e. The lowest BCUT2D eigenvalue weighted by molar-refractivity contribution is -0.141. The highest BCUT2D eigenvalue weighted by Gasteiger charge is 2.34. The number of primary amides is 1. The largest absolute Gasteiger partial charge is 0.483 e. The van der Waals surface area contributed by atoms with Gasteiger partial charge in [0, 0.05) is 13.1 Å². The first-order chi connectivity index (χ1) is 10.3. The fraction of sp³-hybridized carbons (Fsp3) is 0.429. The smallest absolute Gasteiger partial charge is 0.419 e. The van der Waals surface area contributed by atoms with Gasteiger partial charge in [0.15, 0.2) is 6.61 Å². The Labute approximate surface area is 124 Å². The summed E-state index contributed by atoms with van der Waals surface area (Å²) in [7, 11) is 0. The van der Waals surface area contributed by atoms with Crippen LogP contribution < -0.4 is 10.5 Å². The van der Waals surface area contributed by atoms with E-state index in [1.165, 1.54) is 17.0 Å². The van der Waals surface area contributed by atoms with Gasteiger partial charge in [-0.05, 0) is 18.6 Å². The molecule has 0 spiro atoms. The molecule has 2 N–H and O–H groups in total. The zero-order chi connectivity index (χ0) is 16.3. The lowest BCUT2D eigenvalue weighted by Gasteiger charge is -2.18. The van der Waals surface area contributed by atoms with Crippen molar-refractivity contribution in [3.05, 3.63) is 29.8 Å². The first-order valence-corrected chi connectivity index (χ1v) is 6.65. The fourth-order valence-corrected chi connectivity index (χ4v) is 2.28. The molecule has 1 unspecified atom stereocenters. The van der Waals surface area contributed by atoms with Crippen molar-refractivity contribution in [2.24, 2.45) is 11.7 Å². The topological polar surface area (TPSA) is 72.6 Å². The van der Waals surface area contributed by atoms with Crippen LogP contribution in [0.5, 0.6) is 5.75 Å². The minimum absolute atomic E-state index is 0.179. The molecule has 2 amide bonds. The van der Waals surface area contributed by atoms with Gasteiger partial charge in [-0.2, -0.15) is 13.2 Å². The number of amides is 2. The molecule has 120 valence electrons. The molecule has 0 bridgehead atoms. The molecule has 1 aromatic rings. The van der Waals surface area contributed by atoms with Crippen molar-refractivity contribution in [2.45, 2.75) is 12.6 Å². The number of hydrogen-bond donors (Lipinski definition) is 1. The predicted octanol–water partition coefficient (Wildman–Crippen LogP) is 1.42. The number of halogens is 3. The Morgan fingerprint density at radius 2 is 2.00 bits per heavy atom. The SMILES string of the molecule is NC(=O)C1CCN(C(=O)COc2ccccc2C(F)(F)F)C1. The number of likely N-dealkylation sites (tertiary alicyclic amines) is 1. The Morgan fingerprint density at radius 1 is 1.32 bits per heavy atom. The van der Waals surface area contributed by atoms with Crippen molar-refractivity contribution >= 4 is 11.8 Å². The van der Waals surface area contributed by atoms with Gasteiger partial charge in [0.2, 0.25) is 5.91 Å². The van der Waals surface area contributed by atoms with E-state index in [1.54, 1.807) is 0 Å². The van der Waals surface area contributed by atoms with E-state index in [0.29, 0.717) is 13.0 Å². The van der Waals surface area contributed by atoms with E-state index in [1.807, 2.05) is 0 Å². The van der Waals surface area contributed by atoms with Crippen LogP contribution in [0.1, 0.15) is 12.0 Å². The average Bonchev–Trinajstić information content (AvgIpc) is 2.94. The lowest BCUT2D eigenvalue weighted by Crippen LogP contribution is -2.35. The highest BCUT2D eigenvalue weighted by molar-refractivity contribution is 5.81. The van der Waals surface area contributed by atoms with E-state index in [2.05, 4.69) is 0 Å². The van der Waals surface area contributed by atoms with Crippen LogP contribution in [0.15, 0.2) is 24.3 Å². The van der Waals surface area contributed by atoms with Gasteiger partial charge in [0.1, 0.15) is 5.75 Å². The fourth-order valence-electron chi connectivity index (χ4n) is 2.28.